The first-order chi connectivity index (χ1) is 9.29. The fourth-order valence-corrected chi connectivity index (χ4v) is 2.41. The van der Waals surface area contributed by atoms with Gasteiger partial charge in [0.1, 0.15) is 5.69 Å². The van der Waals surface area contributed by atoms with E-state index in [0.29, 0.717) is 0 Å². The number of aliphatic imine (C=N–C) groups is 1. The van der Waals surface area contributed by atoms with Gasteiger partial charge < -0.3 is 14.5 Å². The Labute approximate surface area is 113 Å². The summed E-state index contributed by atoms with van der Waals surface area (Å²) < 4.78 is 5.38. The number of hydrogen-bond donors (Lipinski definition) is 0. The zero-order chi connectivity index (χ0) is 13.2. The molecular weight excluding hydrogens is 242 g/mol. The molecule has 1 saturated heterocycles. The zero-order valence-electron chi connectivity index (χ0n) is 11.5. The van der Waals surface area contributed by atoms with Crippen LogP contribution in [0.25, 0.3) is 0 Å². The Bertz CT molecular complexity index is 496. The fraction of sp³-hybridized carbons (Fsp3) is 0.615. The molecule has 1 fully saturated rings. The monoisotopic (exact) mass is 261 g/mol. The normalized spacial score (nSPS) is 18.6. The number of rotatable bonds is 2. The molecule has 2 aliphatic heterocycles. The molecule has 6 heteroatoms. The highest BCUT2D eigenvalue weighted by molar-refractivity contribution is 5.81. The molecule has 0 saturated carbocycles. The Morgan fingerprint density at radius 2 is 2.05 bits per heavy atom. The van der Waals surface area contributed by atoms with Gasteiger partial charge in [-0.15, -0.1) is 0 Å². The number of hydrogen-bond acceptors (Lipinski definition) is 6. The fourth-order valence-electron chi connectivity index (χ4n) is 2.41. The molecular formula is C13H19N5O. The van der Waals surface area contributed by atoms with Crippen LogP contribution in [-0.2, 0) is 4.74 Å². The Kier molecular flexibility index (Phi) is 3.33. The van der Waals surface area contributed by atoms with E-state index in [4.69, 9.17) is 9.72 Å². The lowest BCUT2D eigenvalue weighted by atomic mass is 10.3. The van der Waals surface area contributed by atoms with Gasteiger partial charge >= 0.3 is 0 Å². The summed E-state index contributed by atoms with van der Waals surface area (Å²) >= 11 is 0. The summed E-state index contributed by atoms with van der Waals surface area (Å²) in [7, 11) is 0. The largest absolute Gasteiger partial charge is 0.378 e. The number of ether oxygens (including phenoxy) is 1. The second kappa shape index (κ2) is 5.13. The van der Waals surface area contributed by atoms with Gasteiger partial charge in [-0.3, -0.25) is 4.99 Å². The van der Waals surface area contributed by atoms with Gasteiger partial charge in [0.15, 0.2) is 5.82 Å². The van der Waals surface area contributed by atoms with Crippen LogP contribution in [0.1, 0.15) is 12.6 Å². The number of aryl methyl sites for hydroxylation is 1. The maximum atomic E-state index is 5.38. The summed E-state index contributed by atoms with van der Waals surface area (Å²) in [6.07, 6.45) is 1.93. The van der Waals surface area contributed by atoms with Crippen molar-refractivity contribution in [3.05, 3.63) is 5.69 Å². The topological polar surface area (TPSA) is 53.9 Å². The Balaban J connectivity index is 1.99. The summed E-state index contributed by atoms with van der Waals surface area (Å²) in [6.45, 7) is 9.09. The highest BCUT2D eigenvalue weighted by Gasteiger charge is 2.22. The van der Waals surface area contributed by atoms with Crippen LogP contribution in [0.3, 0.4) is 0 Å². The van der Waals surface area contributed by atoms with Crippen molar-refractivity contribution in [1.82, 2.24) is 9.97 Å². The molecule has 0 bridgehead atoms. The smallest absolute Gasteiger partial charge is 0.227 e. The molecule has 0 unspecified atom stereocenters. The molecule has 0 aliphatic carbocycles. The standard InChI is InChI=1S/C13H19N5O/c1-3-17-5-4-14-11-10(2)15-13(16-12(11)17)18-6-8-19-9-7-18/h4H,3,5-9H2,1-2H3. The first kappa shape index (κ1) is 12.3. The molecule has 0 amide bonds. The summed E-state index contributed by atoms with van der Waals surface area (Å²) in [5, 5.41) is 0. The van der Waals surface area contributed by atoms with Crippen LogP contribution >= 0.6 is 0 Å². The maximum Gasteiger partial charge on any atom is 0.227 e. The van der Waals surface area contributed by atoms with Crippen molar-refractivity contribution < 1.29 is 4.74 Å². The maximum absolute atomic E-state index is 5.38. The molecule has 1 aromatic heterocycles. The van der Waals surface area contributed by atoms with E-state index in [2.05, 4.69) is 26.7 Å². The second-order valence-corrected chi connectivity index (χ2v) is 4.73. The quantitative estimate of drug-likeness (QED) is 0.799. The molecule has 0 atom stereocenters. The van der Waals surface area contributed by atoms with Crippen LogP contribution in [-0.4, -0.2) is 55.6 Å². The molecule has 0 N–H and O–H groups in total. The third-order valence-corrected chi connectivity index (χ3v) is 3.53. The van der Waals surface area contributed by atoms with Gasteiger partial charge in [-0.05, 0) is 13.8 Å². The summed E-state index contributed by atoms with van der Waals surface area (Å²) in [5.41, 5.74) is 1.85. The van der Waals surface area contributed by atoms with E-state index in [-0.39, 0.29) is 0 Å². The molecule has 3 rings (SSSR count). The Hall–Kier alpha value is -1.69. The summed E-state index contributed by atoms with van der Waals surface area (Å²) in [6, 6.07) is 0. The van der Waals surface area contributed by atoms with E-state index in [9.17, 15) is 0 Å². The second-order valence-electron chi connectivity index (χ2n) is 4.73. The minimum absolute atomic E-state index is 0.745. The lowest BCUT2D eigenvalue weighted by Crippen LogP contribution is -2.38. The van der Waals surface area contributed by atoms with Crippen LogP contribution < -0.4 is 9.80 Å². The van der Waals surface area contributed by atoms with Crippen molar-refractivity contribution in [3.63, 3.8) is 0 Å². The Morgan fingerprint density at radius 1 is 1.26 bits per heavy atom. The van der Waals surface area contributed by atoms with Crippen LogP contribution in [0.15, 0.2) is 4.99 Å². The van der Waals surface area contributed by atoms with Crippen LogP contribution in [0.4, 0.5) is 17.5 Å². The lowest BCUT2D eigenvalue weighted by molar-refractivity contribution is 0.122. The molecule has 3 heterocycles. The van der Waals surface area contributed by atoms with Crippen molar-refractivity contribution >= 4 is 23.7 Å². The number of morpholine rings is 1. The number of nitrogens with zero attached hydrogens (tertiary/aromatic N) is 5. The highest BCUT2D eigenvalue weighted by Crippen LogP contribution is 2.33. The highest BCUT2D eigenvalue weighted by atomic mass is 16.5. The van der Waals surface area contributed by atoms with Gasteiger partial charge in [0.05, 0.1) is 25.5 Å². The van der Waals surface area contributed by atoms with Gasteiger partial charge in [0.2, 0.25) is 5.95 Å². The minimum Gasteiger partial charge on any atom is -0.378 e. The van der Waals surface area contributed by atoms with E-state index in [1.807, 2.05) is 13.1 Å². The Morgan fingerprint density at radius 3 is 2.79 bits per heavy atom. The molecule has 6 nitrogen and oxygen atoms in total. The first-order valence-electron chi connectivity index (χ1n) is 6.78. The van der Waals surface area contributed by atoms with E-state index in [0.717, 1.165) is 62.5 Å². The van der Waals surface area contributed by atoms with Crippen molar-refractivity contribution in [2.45, 2.75) is 13.8 Å². The molecule has 2 aliphatic rings. The number of aromatic nitrogens is 2. The molecule has 0 aromatic carbocycles. The van der Waals surface area contributed by atoms with Crippen molar-refractivity contribution in [2.75, 3.05) is 49.2 Å². The van der Waals surface area contributed by atoms with E-state index in [1.165, 1.54) is 0 Å². The molecule has 102 valence electrons. The third-order valence-electron chi connectivity index (χ3n) is 3.53. The predicted molar refractivity (Wildman–Crippen MR) is 75.8 cm³/mol. The van der Waals surface area contributed by atoms with Crippen molar-refractivity contribution in [1.29, 1.82) is 0 Å². The average Bonchev–Trinajstić information content (AvgIpc) is 2.47. The minimum atomic E-state index is 0.745. The third kappa shape index (κ3) is 2.28. The first-order valence-corrected chi connectivity index (χ1v) is 6.78. The zero-order valence-corrected chi connectivity index (χ0v) is 11.5. The van der Waals surface area contributed by atoms with Gasteiger partial charge in [-0.1, -0.05) is 0 Å². The van der Waals surface area contributed by atoms with Crippen LogP contribution in [0, 0.1) is 6.92 Å². The molecule has 0 radical (unpaired) electrons. The number of fused-ring (bicyclic) bond motifs is 1. The van der Waals surface area contributed by atoms with Gasteiger partial charge in [-0.25, -0.2) is 4.98 Å². The molecule has 1 aromatic rings. The van der Waals surface area contributed by atoms with Crippen molar-refractivity contribution in [3.8, 4) is 0 Å². The van der Waals surface area contributed by atoms with Crippen LogP contribution in [0.5, 0.6) is 0 Å². The van der Waals surface area contributed by atoms with E-state index >= 15 is 0 Å². The van der Waals surface area contributed by atoms with Gasteiger partial charge in [-0.2, -0.15) is 4.98 Å². The predicted octanol–water partition coefficient (Wildman–Crippen LogP) is 1.16. The molecule has 0 spiro atoms. The average molecular weight is 261 g/mol. The SMILES string of the molecule is CCN1CC=Nc2c(C)nc(N3CCOCC3)nc21. The summed E-state index contributed by atoms with van der Waals surface area (Å²) in [4.78, 5) is 18.2. The van der Waals surface area contributed by atoms with E-state index < -0.39 is 0 Å². The van der Waals surface area contributed by atoms with Gasteiger partial charge in [0.25, 0.3) is 0 Å². The van der Waals surface area contributed by atoms with Crippen molar-refractivity contribution in [2.24, 2.45) is 4.99 Å². The van der Waals surface area contributed by atoms with E-state index in [1.54, 1.807) is 0 Å². The molecule has 19 heavy (non-hydrogen) atoms. The van der Waals surface area contributed by atoms with Gasteiger partial charge in [0, 0.05) is 25.8 Å². The van der Waals surface area contributed by atoms with Crippen LogP contribution in [0.2, 0.25) is 0 Å². The number of anilines is 2. The lowest BCUT2D eigenvalue weighted by Gasteiger charge is -2.30. The summed E-state index contributed by atoms with van der Waals surface area (Å²) in [5.74, 6) is 1.76.